The predicted molar refractivity (Wildman–Crippen MR) is 180 cm³/mol. The summed E-state index contributed by atoms with van der Waals surface area (Å²) >= 11 is 0.936. The van der Waals surface area contributed by atoms with Crippen molar-refractivity contribution in [2.24, 2.45) is 0 Å². The molecular formula is C34H38F2N8O4S. The summed E-state index contributed by atoms with van der Waals surface area (Å²) in [5, 5.41) is 21.0. The number of nitrogen functional groups attached to an aromatic ring is 1. The zero-order valence-corrected chi connectivity index (χ0v) is 28.4. The number of aliphatic hydroxyl groups is 1. The molecule has 3 aromatic heterocycles. The number of hydrogen-bond acceptors (Lipinski definition) is 13. The van der Waals surface area contributed by atoms with Crippen LogP contribution in [0.15, 0.2) is 6.20 Å². The Morgan fingerprint density at radius 2 is 1.90 bits per heavy atom. The van der Waals surface area contributed by atoms with Crippen LogP contribution in [0, 0.1) is 23.0 Å². The summed E-state index contributed by atoms with van der Waals surface area (Å²) in [7, 11) is 2.03. The summed E-state index contributed by atoms with van der Waals surface area (Å²) in [5.41, 5.74) is 7.74. The van der Waals surface area contributed by atoms with Gasteiger partial charge >= 0.3 is 6.01 Å². The van der Waals surface area contributed by atoms with Crippen LogP contribution in [0.4, 0.5) is 19.6 Å². The summed E-state index contributed by atoms with van der Waals surface area (Å²) in [6.45, 7) is 8.06. The van der Waals surface area contributed by atoms with Crippen molar-refractivity contribution in [1.82, 2.24) is 24.8 Å². The third-order valence-electron chi connectivity index (χ3n) is 10.2. The van der Waals surface area contributed by atoms with Crippen molar-refractivity contribution in [3.8, 4) is 23.3 Å². The van der Waals surface area contributed by atoms with Crippen molar-refractivity contribution in [3.63, 3.8) is 0 Å². The summed E-state index contributed by atoms with van der Waals surface area (Å²) in [6, 6.07) is 2.26. The van der Waals surface area contributed by atoms with Gasteiger partial charge in [-0.3, -0.25) is 9.88 Å². The first-order valence-electron chi connectivity index (χ1n) is 16.7. The third kappa shape index (κ3) is 5.45. The standard InChI is InChI=1S/C34H38F2N8O4S/c1-16(45)10-43-11-18-4-5-19(12-43)44(18)33-27-22-15-46-14-21(22)25(29-26-20(8-37)32(38)49-31(26)23(35)9-39-29)28(36)30(27)40-34(41-33)48-17(2)24-13-42(3)6-7-47-24/h9,16-19,24,45H,4-7,10-15,38H2,1-3H3/t16-,17+,18-,19-,24-/m1/s1. The molecule has 0 radical (unpaired) electrons. The van der Waals surface area contributed by atoms with Crippen LogP contribution in [-0.2, 0) is 22.7 Å². The second-order valence-corrected chi connectivity index (χ2v) is 14.7. The molecule has 7 heterocycles. The number of likely N-dealkylation sites (tertiary alicyclic amines) is 1. The van der Waals surface area contributed by atoms with Gasteiger partial charge in [0.1, 0.15) is 34.6 Å². The first kappa shape index (κ1) is 32.4. The summed E-state index contributed by atoms with van der Waals surface area (Å²) < 4.78 is 51.0. The number of hydrogen-bond donors (Lipinski definition) is 2. The highest BCUT2D eigenvalue weighted by molar-refractivity contribution is 7.23. The number of pyridine rings is 1. The van der Waals surface area contributed by atoms with Crippen LogP contribution >= 0.6 is 11.3 Å². The van der Waals surface area contributed by atoms with Crippen LogP contribution < -0.4 is 15.4 Å². The van der Waals surface area contributed by atoms with Gasteiger partial charge in [0.05, 0.1) is 53.5 Å². The lowest BCUT2D eigenvalue weighted by molar-refractivity contribution is -0.0708. The second kappa shape index (κ2) is 12.5. The zero-order chi connectivity index (χ0) is 34.1. The maximum atomic E-state index is 17.4. The quantitative estimate of drug-likeness (QED) is 0.291. The van der Waals surface area contributed by atoms with Gasteiger partial charge in [0.15, 0.2) is 11.6 Å². The van der Waals surface area contributed by atoms with E-state index in [4.69, 9.17) is 29.9 Å². The van der Waals surface area contributed by atoms with Gasteiger partial charge in [0.2, 0.25) is 0 Å². The number of nitriles is 1. The fourth-order valence-electron chi connectivity index (χ4n) is 8.06. The molecule has 0 aliphatic carbocycles. The number of ether oxygens (including phenoxy) is 3. The summed E-state index contributed by atoms with van der Waals surface area (Å²) in [6.07, 6.45) is 1.77. The Morgan fingerprint density at radius 1 is 1.14 bits per heavy atom. The van der Waals surface area contributed by atoms with Gasteiger partial charge in [-0.2, -0.15) is 15.2 Å². The number of rotatable bonds is 7. The van der Waals surface area contributed by atoms with Gasteiger partial charge in [-0.1, -0.05) is 0 Å². The normalized spacial score (nSPS) is 24.0. The van der Waals surface area contributed by atoms with Crippen molar-refractivity contribution >= 4 is 43.1 Å². The third-order valence-corrected chi connectivity index (χ3v) is 11.3. The molecule has 0 unspecified atom stereocenters. The molecule has 0 amide bonds. The van der Waals surface area contributed by atoms with Gasteiger partial charge in [-0.15, -0.1) is 11.3 Å². The van der Waals surface area contributed by atoms with E-state index >= 15 is 8.78 Å². The molecular weight excluding hydrogens is 654 g/mol. The molecule has 15 heteroatoms. The Labute approximate surface area is 286 Å². The van der Waals surface area contributed by atoms with Gasteiger partial charge in [0.25, 0.3) is 0 Å². The molecule has 4 aromatic rings. The van der Waals surface area contributed by atoms with Crippen LogP contribution in [0.5, 0.6) is 6.01 Å². The van der Waals surface area contributed by atoms with E-state index < -0.39 is 23.8 Å². The average molecular weight is 693 g/mol. The van der Waals surface area contributed by atoms with Gasteiger partial charge < -0.3 is 34.9 Å². The number of morpholine rings is 1. The molecule has 258 valence electrons. The number of halogens is 2. The molecule has 3 saturated heterocycles. The minimum atomic E-state index is -0.678. The van der Waals surface area contributed by atoms with Crippen LogP contribution in [0.25, 0.3) is 32.2 Å². The molecule has 4 aliphatic heterocycles. The van der Waals surface area contributed by atoms with Crippen LogP contribution in [0.2, 0.25) is 0 Å². The Morgan fingerprint density at radius 3 is 2.61 bits per heavy atom. The van der Waals surface area contributed by atoms with E-state index in [-0.39, 0.29) is 74.8 Å². The van der Waals surface area contributed by atoms with E-state index in [0.717, 1.165) is 55.6 Å². The van der Waals surface area contributed by atoms with E-state index in [1.54, 1.807) is 6.92 Å². The second-order valence-electron chi connectivity index (χ2n) is 13.7. The predicted octanol–water partition coefficient (Wildman–Crippen LogP) is 3.80. The first-order chi connectivity index (χ1) is 23.6. The number of nitrogens with zero attached hydrogens (tertiary/aromatic N) is 7. The van der Waals surface area contributed by atoms with Crippen molar-refractivity contribution < 1.29 is 28.1 Å². The summed E-state index contributed by atoms with van der Waals surface area (Å²) in [5.74, 6) is -0.732. The summed E-state index contributed by atoms with van der Waals surface area (Å²) in [4.78, 5) is 20.8. The SMILES string of the molecule is C[C@H](Oc1nc(N2[C@@H]3CC[C@@H]2CN(C[C@@H](C)O)C3)c2c3c(c(-c4ncc(F)c5sc(N)c(C#N)c45)c(F)c2n1)COC3)[C@H]1CN(C)CCO1. The topological polar surface area (TPSA) is 146 Å². The maximum absolute atomic E-state index is 17.4. The molecule has 3 fully saturated rings. The number of fused-ring (bicyclic) bond motifs is 6. The number of aliphatic hydroxyl groups excluding tert-OH is 1. The number of likely N-dealkylation sites (N-methyl/N-ethyl adjacent to an activating group) is 1. The van der Waals surface area contributed by atoms with Crippen molar-refractivity contribution in [2.75, 3.05) is 57.0 Å². The van der Waals surface area contributed by atoms with Crippen molar-refractivity contribution in [1.29, 1.82) is 5.26 Å². The first-order valence-corrected chi connectivity index (χ1v) is 17.5. The monoisotopic (exact) mass is 692 g/mol. The number of thiophene rings is 1. The highest BCUT2D eigenvalue weighted by Crippen LogP contribution is 2.48. The van der Waals surface area contributed by atoms with Crippen LogP contribution in [0.1, 0.15) is 43.4 Å². The number of anilines is 2. The van der Waals surface area contributed by atoms with E-state index in [2.05, 4.69) is 25.8 Å². The highest BCUT2D eigenvalue weighted by Gasteiger charge is 2.43. The lowest BCUT2D eigenvalue weighted by atomic mass is 9.93. The molecule has 0 spiro atoms. The van der Waals surface area contributed by atoms with E-state index in [1.165, 1.54) is 0 Å². The molecule has 4 aliphatic rings. The lowest BCUT2D eigenvalue weighted by Crippen LogP contribution is -2.55. The number of benzene rings is 1. The van der Waals surface area contributed by atoms with Crippen LogP contribution in [0.3, 0.4) is 0 Å². The molecule has 2 bridgehead atoms. The van der Waals surface area contributed by atoms with Gasteiger partial charge in [-0.05, 0) is 44.9 Å². The Bertz CT molecular complexity index is 1990. The van der Waals surface area contributed by atoms with E-state index in [9.17, 15) is 10.4 Å². The van der Waals surface area contributed by atoms with Crippen molar-refractivity contribution in [3.05, 3.63) is 34.5 Å². The molecule has 12 nitrogen and oxygen atoms in total. The van der Waals surface area contributed by atoms with E-state index in [1.807, 2.05) is 14.0 Å². The zero-order valence-electron chi connectivity index (χ0n) is 27.6. The fourth-order valence-corrected chi connectivity index (χ4v) is 8.98. The molecule has 49 heavy (non-hydrogen) atoms. The molecule has 1 aromatic carbocycles. The Kier molecular flexibility index (Phi) is 8.29. The lowest BCUT2D eigenvalue weighted by Gasteiger charge is -2.42. The number of aromatic nitrogens is 3. The average Bonchev–Trinajstić information content (AvgIpc) is 3.75. The minimum absolute atomic E-state index is 0.0241. The van der Waals surface area contributed by atoms with E-state index in [0.29, 0.717) is 36.5 Å². The molecule has 0 saturated carbocycles. The van der Waals surface area contributed by atoms with Gasteiger partial charge in [-0.25, -0.2) is 8.78 Å². The highest BCUT2D eigenvalue weighted by atomic mass is 32.1. The maximum Gasteiger partial charge on any atom is 0.319 e. The largest absolute Gasteiger partial charge is 0.458 e. The smallest absolute Gasteiger partial charge is 0.319 e. The Hall–Kier alpha value is -3.78. The van der Waals surface area contributed by atoms with Crippen LogP contribution in [-0.4, -0.2) is 107 Å². The number of β-amino-alcohol motifs (C(OH)–C–C–N with tert-alkyl or cyclic N) is 1. The van der Waals surface area contributed by atoms with Crippen molar-refractivity contribution in [2.45, 2.75) is 70.3 Å². The fraction of sp³-hybridized carbons (Fsp3) is 0.529. The van der Waals surface area contributed by atoms with Gasteiger partial charge in [0, 0.05) is 55.8 Å². The minimum Gasteiger partial charge on any atom is -0.458 e. The molecule has 5 atom stereocenters. The number of nitrogens with two attached hydrogens (primary N) is 1. The molecule has 8 rings (SSSR count). The Balaban J connectivity index is 1.33. The molecule has 3 N–H and O–H groups in total. The number of piperazine rings is 1.